The molecule has 0 saturated carbocycles. The van der Waals surface area contributed by atoms with Gasteiger partial charge in [0.2, 0.25) is 5.91 Å². The quantitative estimate of drug-likeness (QED) is 0.812. The molecule has 0 aromatic heterocycles. The molecule has 1 aliphatic heterocycles. The summed E-state index contributed by atoms with van der Waals surface area (Å²) in [4.78, 5) is 23.7. The van der Waals surface area contributed by atoms with Crippen molar-refractivity contribution in [2.75, 3.05) is 11.5 Å². The van der Waals surface area contributed by atoms with Crippen molar-refractivity contribution in [3.63, 3.8) is 0 Å². The smallest absolute Gasteiger partial charge is 0.269 e. The third-order valence-corrected chi connectivity index (χ3v) is 5.79. The van der Waals surface area contributed by atoms with Crippen molar-refractivity contribution in [3.8, 4) is 0 Å². The van der Waals surface area contributed by atoms with E-state index in [0.717, 1.165) is 5.56 Å². The van der Waals surface area contributed by atoms with Crippen LogP contribution < -0.4 is 10.9 Å². The van der Waals surface area contributed by atoms with E-state index < -0.39 is 15.7 Å². The second-order valence-corrected chi connectivity index (χ2v) is 8.48. The van der Waals surface area contributed by atoms with Gasteiger partial charge in [-0.25, -0.2) is 8.42 Å². The van der Waals surface area contributed by atoms with Crippen molar-refractivity contribution < 1.29 is 18.0 Å². The number of benzene rings is 1. The van der Waals surface area contributed by atoms with Crippen molar-refractivity contribution >= 4 is 21.7 Å². The molecule has 23 heavy (non-hydrogen) atoms. The summed E-state index contributed by atoms with van der Waals surface area (Å²) in [7, 11) is -2.99. The monoisotopic (exact) mass is 338 g/mol. The first-order valence-electron chi connectivity index (χ1n) is 7.66. The SMILES string of the molecule is CC(C)c1ccc(C(=O)NNC(=O)CC2CCS(=O)(=O)C2)cc1. The van der Waals surface area contributed by atoms with Gasteiger partial charge in [-0.05, 0) is 36.0 Å². The fourth-order valence-corrected chi connectivity index (χ4v) is 4.43. The summed E-state index contributed by atoms with van der Waals surface area (Å²) in [5.41, 5.74) is 6.28. The van der Waals surface area contributed by atoms with Crippen molar-refractivity contribution in [3.05, 3.63) is 35.4 Å². The van der Waals surface area contributed by atoms with Crippen LogP contribution in [0.15, 0.2) is 24.3 Å². The van der Waals surface area contributed by atoms with Gasteiger partial charge in [0.1, 0.15) is 0 Å². The summed E-state index contributed by atoms with van der Waals surface area (Å²) in [5.74, 6) is -0.367. The molecule has 1 atom stereocenters. The standard InChI is InChI=1S/C16H22N2O4S/c1-11(2)13-3-5-14(6-4-13)16(20)18-17-15(19)9-12-7-8-23(21,22)10-12/h3-6,11-12H,7-10H2,1-2H3,(H,17,19)(H,18,20). The normalized spacial score (nSPS) is 19.5. The molecule has 2 N–H and O–H groups in total. The molecule has 1 aromatic rings. The lowest BCUT2D eigenvalue weighted by Crippen LogP contribution is -2.42. The molecule has 7 heteroatoms. The molecule has 0 bridgehead atoms. The van der Waals surface area contributed by atoms with Gasteiger partial charge in [0.25, 0.3) is 5.91 Å². The number of sulfone groups is 1. The third-order valence-electron chi connectivity index (χ3n) is 3.96. The average molecular weight is 338 g/mol. The minimum Gasteiger partial charge on any atom is -0.273 e. The van der Waals surface area contributed by atoms with E-state index in [1.165, 1.54) is 0 Å². The maximum absolute atomic E-state index is 11.9. The predicted molar refractivity (Wildman–Crippen MR) is 87.5 cm³/mol. The second-order valence-electron chi connectivity index (χ2n) is 6.25. The molecule has 1 fully saturated rings. The number of amides is 2. The number of hydrogen-bond acceptors (Lipinski definition) is 4. The number of nitrogens with one attached hydrogen (secondary N) is 2. The zero-order chi connectivity index (χ0) is 17.0. The Kier molecular flexibility index (Phi) is 5.41. The van der Waals surface area contributed by atoms with Gasteiger partial charge in [-0.1, -0.05) is 26.0 Å². The highest BCUT2D eigenvalue weighted by atomic mass is 32.2. The minimum atomic E-state index is -2.99. The Hall–Kier alpha value is -1.89. The molecule has 2 amide bonds. The Morgan fingerprint density at radius 3 is 2.35 bits per heavy atom. The maximum Gasteiger partial charge on any atom is 0.269 e. The van der Waals surface area contributed by atoms with E-state index in [9.17, 15) is 18.0 Å². The Bertz CT molecular complexity index is 681. The highest BCUT2D eigenvalue weighted by Crippen LogP contribution is 2.21. The molecule has 0 radical (unpaired) electrons. The largest absolute Gasteiger partial charge is 0.273 e. The number of hydrazine groups is 1. The van der Waals surface area contributed by atoms with Crippen molar-refractivity contribution in [1.29, 1.82) is 0 Å². The highest BCUT2D eigenvalue weighted by molar-refractivity contribution is 7.91. The number of rotatable bonds is 4. The van der Waals surface area contributed by atoms with Crippen molar-refractivity contribution in [2.24, 2.45) is 5.92 Å². The molecule has 1 unspecified atom stereocenters. The molecule has 0 spiro atoms. The first kappa shape index (κ1) is 17.5. The van der Waals surface area contributed by atoms with E-state index in [1.54, 1.807) is 12.1 Å². The van der Waals surface area contributed by atoms with Crippen LogP contribution >= 0.6 is 0 Å². The minimum absolute atomic E-state index is 0.0467. The fourth-order valence-electron chi connectivity index (χ4n) is 2.56. The van der Waals surface area contributed by atoms with Crippen LogP contribution in [0.2, 0.25) is 0 Å². The molecular formula is C16H22N2O4S. The van der Waals surface area contributed by atoms with Crippen LogP contribution in [0, 0.1) is 5.92 Å². The third kappa shape index (κ3) is 5.06. The lowest BCUT2D eigenvalue weighted by Gasteiger charge is -2.11. The molecule has 1 heterocycles. The highest BCUT2D eigenvalue weighted by Gasteiger charge is 2.29. The van der Waals surface area contributed by atoms with Crippen LogP contribution in [-0.2, 0) is 14.6 Å². The van der Waals surface area contributed by atoms with Crippen molar-refractivity contribution in [2.45, 2.75) is 32.6 Å². The van der Waals surface area contributed by atoms with Crippen LogP contribution in [-0.4, -0.2) is 31.7 Å². The zero-order valence-corrected chi connectivity index (χ0v) is 14.2. The fraction of sp³-hybridized carbons (Fsp3) is 0.500. The Labute approximate surface area is 136 Å². The summed E-state index contributed by atoms with van der Waals surface area (Å²) in [6.07, 6.45) is 0.603. The Morgan fingerprint density at radius 2 is 1.83 bits per heavy atom. The van der Waals surface area contributed by atoms with E-state index in [-0.39, 0.29) is 29.8 Å². The summed E-state index contributed by atoms with van der Waals surface area (Å²) < 4.78 is 22.7. The summed E-state index contributed by atoms with van der Waals surface area (Å²) >= 11 is 0. The van der Waals surface area contributed by atoms with E-state index >= 15 is 0 Å². The molecule has 126 valence electrons. The summed E-state index contributed by atoms with van der Waals surface area (Å²) in [6, 6.07) is 7.18. The average Bonchev–Trinajstić information content (AvgIpc) is 2.83. The van der Waals surface area contributed by atoms with Crippen molar-refractivity contribution in [1.82, 2.24) is 10.9 Å². The summed E-state index contributed by atoms with van der Waals surface area (Å²) in [5, 5.41) is 0. The Morgan fingerprint density at radius 1 is 1.17 bits per heavy atom. The van der Waals surface area contributed by atoms with E-state index in [1.807, 2.05) is 12.1 Å². The molecule has 0 aliphatic carbocycles. The first-order valence-corrected chi connectivity index (χ1v) is 9.48. The molecular weight excluding hydrogens is 316 g/mol. The number of carbonyl (C=O) groups excluding carboxylic acids is 2. The van der Waals surface area contributed by atoms with Gasteiger partial charge in [-0.15, -0.1) is 0 Å². The van der Waals surface area contributed by atoms with Gasteiger partial charge in [0.05, 0.1) is 11.5 Å². The van der Waals surface area contributed by atoms with Crippen LogP contribution in [0.3, 0.4) is 0 Å². The molecule has 1 aromatic carbocycles. The summed E-state index contributed by atoms with van der Waals surface area (Å²) in [6.45, 7) is 4.14. The van der Waals surface area contributed by atoms with Crippen LogP contribution in [0.4, 0.5) is 0 Å². The van der Waals surface area contributed by atoms with Crippen LogP contribution in [0.5, 0.6) is 0 Å². The van der Waals surface area contributed by atoms with E-state index in [0.29, 0.717) is 17.9 Å². The topological polar surface area (TPSA) is 92.3 Å². The zero-order valence-electron chi connectivity index (χ0n) is 13.3. The van der Waals surface area contributed by atoms with Gasteiger partial charge < -0.3 is 0 Å². The van der Waals surface area contributed by atoms with Crippen LogP contribution in [0.25, 0.3) is 0 Å². The molecule has 1 aliphatic rings. The van der Waals surface area contributed by atoms with Gasteiger partial charge in [0, 0.05) is 12.0 Å². The Balaban J connectivity index is 1.81. The van der Waals surface area contributed by atoms with E-state index in [2.05, 4.69) is 24.7 Å². The van der Waals surface area contributed by atoms with Gasteiger partial charge in [-0.2, -0.15) is 0 Å². The van der Waals surface area contributed by atoms with Gasteiger partial charge >= 0.3 is 0 Å². The molecule has 2 rings (SSSR count). The first-order chi connectivity index (χ1) is 10.8. The maximum atomic E-state index is 11.9. The number of hydrogen-bond donors (Lipinski definition) is 2. The predicted octanol–water partition coefficient (Wildman–Crippen LogP) is 1.40. The van der Waals surface area contributed by atoms with Crippen LogP contribution in [0.1, 0.15) is 48.5 Å². The number of carbonyl (C=O) groups is 2. The second kappa shape index (κ2) is 7.12. The van der Waals surface area contributed by atoms with Gasteiger partial charge in [0.15, 0.2) is 9.84 Å². The molecule has 6 nitrogen and oxygen atoms in total. The lowest BCUT2D eigenvalue weighted by molar-refractivity contribution is -0.122. The van der Waals surface area contributed by atoms with Gasteiger partial charge in [-0.3, -0.25) is 20.4 Å². The lowest BCUT2D eigenvalue weighted by atomic mass is 10.0. The molecule has 1 saturated heterocycles. The van der Waals surface area contributed by atoms with E-state index in [4.69, 9.17) is 0 Å².